The van der Waals surface area contributed by atoms with E-state index >= 15 is 0 Å². The van der Waals surface area contributed by atoms with Crippen molar-refractivity contribution in [3.05, 3.63) is 0 Å². The van der Waals surface area contributed by atoms with Crippen LogP contribution in [0.25, 0.3) is 0 Å². The van der Waals surface area contributed by atoms with Gasteiger partial charge in [-0.1, -0.05) is 26.7 Å². The van der Waals surface area contributed by atoms with Gasteiger partial charge in [0, 0.05) is 6.54 Å². The molecule has 2 amide bonds. The first-order valence-electron chi connectivity index (χ1n) is 6.80. The minimum atomic E-state index is -0.548. The number of nitrogens with one attached hydrogen (secondary N) is 2. The van der Waals surface area contributed by atoms with Gasteiger partial charge in [-0.25, -0.2) is 0 Å². The maximum absolute atomic E-state index is 11.5. The first-order valence-corrected chi connectivity index (χ1v) is 6.80. The van der Waals surface area contributed by atoms with Gasteiger partial charge in [0.05, 0.1) is 12.6 Å². The number of carbonyl (C=O) groups excluding carboxylic acids is 2. The second-order valence-electron chi connectivity index (χ2n) is 5.44. The third-order valence-electron chi connectivity index (χ3n) is 3.51. The lowest BCUT2D eigenvalue weighted by Crippen LogP contribution is -2.47. The molecule has 0 bridgehead atoms. The van der Waals surface area contributed by atoms with E-state index in [9.17, 15) is 9.59 Å². The fourth-order valence-corrected chi connectivity index (χ4v) is 2.12. The van der Waals surface area contributed by atoms with Gasteiger partial charge in [0.15, 0.2) is 0 Å². The highest BCUT2D eigenvalue weighted by Gasteiger charge is 2.18. The first kappa shape index (κ1) is 15.0. The Morgan fingerprint density at radius 1 is 1.22 bits per heavy atom. The fraction of sp³-hybridized carbons (Fsp3) is 0.846. The lowest BCUT2D eigenvalue weighted by molar-refractivity contribution is -0.127. The van der Waals surface area contributed by atoms with Crippen LogP contribution in [-0.2, 0) is 9.59 Å². The summed E-state index contributed by atoms with van der Waals surface area (Å²) in [4.78, 5) is 23.1. The second kappa shape index (κ2) is 7.36. The minimum Gasteiger partial charge on any atom is -0.354 e. The van der Waals surface area contributed by atoms with Crippen LogP contribution in [0.5, 0.6) is 0 Å². The molecule has 0 aromatic heterocycles. The van der Waals surface area contributed by atoms with Crippen molar-refractivity contribution >= 4 is 11.8 Å². The van der Waals surface area contributed by atoms with Gasteiger partial charge in [-0.2, -0.15) is 0 Å². The predicted molar refractivity (Wildman–Crippen MR) is 70.8 cm³/mol. The Morgan fingerprint density at radius 2 is 1.83 bits per heavy atom. The minimum absolute atomic E-state index is 0.0198. The summed E-state index contributed by atoms with van der Waals surface area (Å²) in [5.41, 5.74) is 5.68. The molecule has 0 radical (unpaired) electrons. The Balaban J connectivity index is 2.14. The van der Waals surface area contributed by atoms with E-state index in [1.165, 1.54) is 25.7 Å². The monoisotopic (exact) mass is 255 g/mol. The second-order valence-corrected chi connectivity index (χ2v) is 5.44. The van der Waals surface area contributed by atoms with Crippen molar-refractivity contribution in [2.75, 3.05) is 13.1 Å². The van der Waals surface area contributed by atoms with Gasteiger partial charge in [-0.05, 0) is 24.7 Å². The molecule has 5 nitrogen and oxygen atoms in total. The van der Waals surface area contributed by atoms with E-state index in [-0.39, 0.29) is 24.3 Å². The summed E-state index contributed by atoms with van der Waals surface area (Å²) in [6.07, 6.45) is 4.93. The summed E-state index contributed by atoms with van der Waals surface area (Å²) in [5.74, 6) is 0.293. The number of nitrogens with two attached hydrogens (primary N) is 1. The molecule has 0 unspecified atom stereocenters. The fourth-order valence-electron chi connectivity index (χ4n) is 2.12. The lowest BCUT2D eigenvalue weighted by Gasteiger charge is -2.15. The van der Waals surface area contributed by atoms with E-state index in [1.807, 2.05) is 13.8 Å². The summed E-state index contributed by atoms with van der Waals surface area (Å²) in [6, 6.07) is -0.548. The molecule has 1 rings (SSSR count). The van der Waals surface area contributed by atoms with Crippen LogP contribution in [0, 0.1) is 11.8 Å². The molecule has 104 valence electrons. The largest absolute Gasteiger partial charge is 0.354 e. The number of rotatable bonds is 6. The molecule has 1 fully saturated rings. The molecule has 0 aliphatic heterocycles. The number of hydrogen-bond acceptors (Lipinski definition) is 3. The highest BCUT2D eigenvalue weighted by atomic mass is 16.2. The molecule has 0 aromatic carbocycles. The lowest BCUT2D eigenvalue weighted by atomic mass is 10.1. The van der Waals surface area contributed by atoms with Crippen LogP contribution < -0.4 is 16.4 Å². The van der Waals surface area contributed by atoms with E-state index < -0.39 is 6.04 Å². The quantitative estimate of drug-likeness (QED) is 0.642. The topological polar surface area (TPSA) is 84.2 Å². The van der Waals surface area contributed by atoms with E-state index in [4.69, 9.17) is 5.73 Å². The zero-order chi connectivity index (χ0) is 13.5. The van der Waals surface area contributed by atoms with E-state index in [0.29, 0.717) is 5.92 Å². The standard InChI is InChI=1S/C13H25N3O2/c1-9(2)12(14)13(18)16-8-11(17)15-7-10-5-3-4-6-10/h9-10,12H,3-8,14H2,1-2H3,(H,15,17)(H,16,18)/t12-/m0/s1. The summed E-state index contributed by atoms with van der Waals surface area (Å²) in [6.45, 7) is 4.51. The zero-order valence-electron chi connectivity index (χ0n) is 11.4. The number of hydrogen-bond donors (Lipinski definition) is 3. The molecule has 18 heavy (non-hydrogen) atoms. The van der Waals surface area contributed by atoms with Crippen molar-refractivity contribution in [2.45, 2.75) is 45.6 Å². The van der Waals surface area contributed by atoms with Crippen LogP contribution in [-0.4, -0.2) is 30.9 Å². The average molecular weight is 255 g/mol. The van der Waals surface area contributed by atoms with Crippen molar-refractivity contribution in [1.82, 2.24) is 10.6 Å². The Labute approximate surface area is 109 Å². The van der Waals surface area contributed by atoms with Crippen molar-refractivity contribution in [3.8, 4) is 0 Å². The summed E-state index contributed by atoms with van der Waals surface area (Å²) in [5, 5.41) is 5.42. The van der Waals surface area contributed by atoms with Gasteiger partial charge in [-0.3, -0.25) is 9.59 Å². The van der Waals surface area contributed by atoms with Gasteiger partial charge in [-0.15, -0.1) is 0 Å². The molecule has 1 aliphatic rings. The van der Waals surface area contributed by atoms with Crippen LogP contribution >= 0.6 is 0 Å². The molecule has 1 saturated carbocycles. The van der Waals surface area contributed by atoms with Gasteiger partial charge in [0.2, 0.25) is 11.8 Å². The third-order valence-corrected chi connectivity index (χ3v) is 3.51. The average Bonchev–Trinajstić information content (AvgIpc) is 2.85. The van der Waals surface area contributed by atoms with E-state index in [1.54, 1.807) is 0 Å². The van der Waals surface area contributed by atoms with Crippen molar-refractivity contribution in [3.63, 3.8) is 0 Å². The Morgan fingerprint density at radius 3 is 2.39 bits per heavy atom. The molecule has 5 heteroatoms. The molecule has 4 N–H and O–H groups in total. The molecule has 1 aliphatic carbocycles. The summed E-state index contributed by atoms with van der Waals surface area (Å²) >= 11 is 0. The molecule has 0 saturated heterocycles. The van der Waals surface area contributed by atoms with E-state index in [0.717, 1.165) is 6.54 Å². The normalized spacial score (nSPS) is 17.8. The van der Waals surface area contributed by atoms with Crippen LogP contribution in [0.3, 0.4) is 0 Å². The maximum Gasteiger partial charge on any atom is 0.239 e. The number of amides is 2. The maximum atomic E-state index is 11.5. The van der Waals surface area contributed by atoms with Gasteiger partial charge in [0.25, 0.3) is 0 Å². The Kier molecular flexibility index (Phi) is 6.12. The third kappa shape index (κ3) is 5.04. The zero-order valence-corrected chi connectivity index (χ0v) is 11.4. The Bertz CT molecular complexity index is 286. The highest BCUT2D eigenvalue weighted by molar-refractivity contribution is 5.87. The molecule has 0 spiro atoms. The van der Waals surface area contributed by atoms with Gasteiger partial charge in [0.1, 0.15) is 0 Å². The summed E-state index contributed by atoms with van der Waals surface area (Å²) < 4.78 is 0. The van der Waals surface area contributed by atoms with Crippen molar-refractivity contribution < 1.29 is 9.59 Å². The predicted octanol–water partition coefficient (Wildman–Crippen LogP) is 0.392. The van der Waals surface area contributed by atoms with Crippen molar-refractivity contribution in [2.24, 2.45) is 17.6 Å². The van der Waals surface area contributed by atoms with E-state index in [2.05, 4.69) is 10.6 Å². The number of carbonyl (C=O) groups is 2. The van der Waals surface area contributed by atoms with Crippen LogP contribution in [0.15, 0.2) is 0 Å². The first-order chi connectivity index (χ1) is 8.50. The van der Waals surface area contributed by atoms with Crippen LogP contribution in [0.4, 0.5) is 0 Å². The van der Waals surface area contributed by atoms with Gasteiger partial charge < -0.3 is 16.4 Å². The molecule has 0 aromatic rings. The molecule has 1 atom stereocenters. The highest BCUT2D eigenvalue weighted by Crippen LogP contribution is 2.23. The van der Waals surface area contributed by atoms with Crippen LogP contribution in [0.1, 0.15) is 39.5 Å². The van der Waals surface area contributed by atoms with Crippen LogP contribution in [0.2, 0.25) is 0 Å². The van der Waals surface area contributed by atoms with Gasteiger partial charge >= 0.3 is 0 Å². The Hall–Kier alpha value is -1.10. The smallest absolute Gasteiger partial charge is 0.239 e. The molecule has 0 heterocycles. The molecular weight excluding hydrogens is 230 g/mol. The SMILES string of the molecule is CC(C)[C@H](N)C(=O)NCC(=O)NCC1CCCC1. The molecular formula is C13H25N3O2. The van der Waals surface area contributed by atoms with Crippen molar-refractivity contribution in [1.29, 1.82) is 0 Å². The summed E-state index contributed by atoms with van der Waals surface area (Å²) in [7, 11) is 0.